The quantitative estimate of drug-likeness (QED) is 0.847. The largest absolute Gasteiger partial charge is 0.490 e. The lowest BCUT2D eigenvalue weighted by atomic mass is 9.94. The van der Waals surface area contributed by atoms with E-state index in [0.717, 1.165) is 64.4 Å². The fourth-order valence-corrected chi connectivity index (χ4v) is 3.67. The second-order valence-corrected chi connectivity index (χ2v) is 6.27. The third kappa shape index (κ3) is 3.23. The van der Waals surface area contributed by atoms with Crippen molar-refractivity contribution in [1.82, 2.24) is 5.32 Å². The molecule has 0 spiro atoms. The van der Waals surface area contributed by atoms with Gasteiger partial charge in [-0.3, -0.25) is 0 Å². The molecule has 0 radical (unpaired) electrons. The van der Waals surface area contributed by atoms with Crippen molar-refractivity contribution in [3.05, 3.63) is 22.8 Å². The van der Waals surface area contributed by atoms with Gasteiger partial charge >= 0.3 is 0 Å². The Labute approximate surface area is 133 Å². The number of hydrogen-bond donors (Lipinski definition) is 1. The Morgan fingerprint density at radius 3 is 3.00 bits per heavy atom. The SMILES string of the molecule is COCCCCN1CCOc2cc3c(c(C)c21)CCNCC3. The molecule has 1 N–H and O–H groups in total. The van der Waals surface area contributed by atoms with E-state index in [1.807, 2.05) is 0 Å². The first-order chi connectivity index (χ1) is 10.8. The van der Waals surface area contributed by atoms with Crippen LogP contribution in [0.3, 0.4) is 0 Å². The Kier molecular flexibility index (Phi) is 5.21. The summed E-state index contributed by atoms with van der Waals surface area (Å²) in [6.45, 7) is 8.18. The normalized spacial score (nSPS) is 17.5. The lowest BCUT2D eigenvalue weighted by molar-refractivity contribution is 0.193. The lowest BCUT2D eigenvalue weighted by Crippen LogP contribution is -2.34. The molecule has 1 aromatic carbocycles. The Morgan fingerprint density at radius 1 is 1.27 bits per heavy atom. The van der Waals surface area contributed by atoms with Gasteiger partial charge in [-0.15, -0.1) is 0 Å². The standard InChI is InChI=1S/C18H28N2O2/c1-14-16-6-8-19-7-5-15(16)13-17-18(14)20(10-12-22-17)9-3-4-11-21-2/h13,19H,3-12H2,1-2H3. The number of nitrogens with one attached hydrogen (secondary N) is 1. The molecule has 2 aliphatic heterocycles. The minimum atomic E-state index is 0.799. The summed E-state index contributed by atoms with van der Waals surface area (Å²) < 4.78 is 11.1. The molecule has 1 aromatic rings. The average molecular weight is 304 g/mol. The Balaban J connectivity index is 1.84. The summed E-state index contributed by atoms with van der Waals surface area (Å²) in [7, 11) is 1.78. The van der Waals surface area contributed by atoms with E-state index in [9.17, 15) is 0 Å². The number of rotatable bonds is 5. The minimum Gasteiger partial charge on any atom is -0.490 e. The second kappa shape index (κ2) is 7.34. The van der Waals surface area contributed by atoms with Crippen LogP contribution < -0.4 is 15.0 Å². The summed E-state index contributed by atoms with van der Waals surface area (Å²) in [5.41, 5.74) is 5.78. The van der Waals surface area contributed by atoms with Crippen molar-refractivity contribution in [2.75, 3.05) is 51.4 Å². The van der Waals surface area contributed by atoms with Crippen LogP contribution in [0.2, 0.25) is 0 Å². The molecule has 2 heterocycles. The first-order valence-electron chi connectivity index (χ1n) is 8.54. The van der Waals surface area contributed by atoms with Gasteiger partial charge in [0.05, 0.1) is 12.2 Å². The summed E-state index contributed by atoms with van der Waals surface area (Å²) in [5, 5.41) is 3.50. The van der Waals surface area contributed by atoms with Crippen LogP contribution in [0.1, 0.15) is 29.5 Å². The summed E-state index contributed by atoms with van der Waals surface area (Å²) >= 11 is 0. The van der Waals surface area contributed by atoms with E-state index in [2.05, 4.69) is 23.2 Å². The van der Waals surface area contributed by atoms with Gasteiger partial charge in [-0.25, -0.2) is 0 Å². The van der Waals surface area contributed by atoms with Crippen molar-refractivity contribution in [3.8, 4) is 5.75 Å². The summed E-state index contributed by atoms with van der Waals surface area (Å²) in [4.78, 5) is 2.52. The van der Waals surface area contributed by atoms with Gasteiger partial charge in [0, 0.05) is 20.3 Å². The molecular weight excluding hydrogens is 276 g/mol. The van der Waals surface area contributed by atoms with Gasteiger partial charge in [-0.1, -0.05) is 0 Å². The third-order valence-corrected chi connectivity index (χ3v) is 4.82. The van der Waals surface area contributed by atoms with Crippen LogP contribution in [0.5, 0.6) is 5.75 Å². The highest BCUT2D eigenvalue weighted by molar-refractivity contribution is 5.69. The lowest BCUT2D eigenvalue weighted by Gasteiger charge is -2.34. The van der Waals surface area contributed by atoms with Gasteiger partial charge < -0.3 is 19.7 Å². The molecule has 0 fully saturated rings. The third-order valence-electron chi connectivity index (χ3n) is 4.82. The molecule has 0 aliphatic carbocycles. The van der Waals surface area contributed by atoms with E-state index in [1.54, 1.807) is 7.11 Å². The first-order valence-corrected chi connectivity index (χ1v) is 8.54. The van der Waals surface area contributed by atoms with Crippen LogP contribution in [0, 0.1) is 6.92 Å². The molecule has 4 heteroatoms. The summed E-state index contributed by atoms with van der Waals surface area (Å²) in [6.07, 6.45) is 4.54. The summed E-state index contributed by atoms with van der Waals surface area (Å²) in [5.74, 6) is 1.09. The van der Waals surface area contributed by atoms with Gasteiger partial charge in [0.2, 0.25) is 0 Å². The monoisotopic (exact) mass is 304 g/mol. The fourth-order valence-electron chi connectivity index (χ4n) is 3.67. The van der Waals surface area contributed by atoms with Crippen LogP contribution in [0.4, 0.5) is 5.69 Å². The van der Waals surface area contributed by atoms with Crippen LogP contribution in [-0.2, 0) is 17.6 Å². The van der Waals surface area contributed by atoms with E-state index in [0.29, 0.717) is 0 Å². The maximum Gasteiger partial charge on any atom is 0.143 e. The number of unbranched alkanes of at least 4 members (excludes halogenated alkanes) is 1. The van der Waals surface area contributed by atoms with E-state index in [4.69, 9.17) is 9.47 Å². The highest BCUT2D eigenvalue weighted by Crippen LogP contribution is 2.39. The number of methoxy groups -OCH3 is 1. The molecule has 22 heavy (non-hydrogen) atoms. The van der Waals surface area contributed by atoms with Crippen LogP contribution in [-0.4, -0.2) is 46.5 Å². The Bertz CT molecular complexity index is 516. The number of anilines is 1. The number of hydrogen-bond acceptors (Lipinski definition) is 4. The fraction of sp³-hybridized carbons (Fsp3) is 0.667. The van der Waals surface area contributed by atoms with Gasteiger partial charge in [-0.05, 0) is 68.5 Å². The van der Waals surface area contributed by atoms with Crippen molar-refractivity contribution < 1.29 is 9.47 Å². The zero-order valence-electron chi connectivity index (χ0n) is 13.9. The van der Waals surface area contributed by atoms with Crippen molar-refractivity contribution in [2.24, 2.45) is 0 Å². The second-order valence-electron chi connectivity index (χ2n) is 6.27. The highest BCUT2D eigenvalue weighted by atomic mass is 16.5. The maximum atomic E-state index is 5.98. The molecule has 0 unspecified atom stereocenters. The molecule has 0 aromatic heterocycles. The summed E-state index contributed by atoms with van der Waals surface area (Å²) in [6, 6.07) is 2.30. The minimum absolute atomic E-state index is 0.799. The predicted octanol–water partition coefficient (Wildman–Crippen LogP) is 2.31. The van der Waals surface area contributed by atoms with Gasteiger partial charge in [0.1, 0.15) is 12.4 Å². The molecule has 0 amide bonds. The molecule has 0 saturated carbocycles. The zero-order valence-corrected chi connectivity index (χ0v) is 13.9. The maximum absolute atomic E-state index is 5.98. The number of fused-ring (bicyclic) bond motifs is 2. The van der Waals surface area contributed by atoms with E-state index in [-0.39, 0.29) is 0 Å². The van der Waals surface area contributed by atoms with E-state index in [1.165, 1.54) is 28.8 Å². The molecule has 122 valence electrons. The molecule has 0 bridgehead atoms. The number of nitrogens with zero attached hydrogens (tertiary/aromatic N) is 1. The topological polar surface area (TPSA) is 33.7 Å². The highest BCUT2D eigenvalue weighted by Gasteiger charge is 2.24. The smallest absolute Gasteiger partial charge is 0.143 e. The van der Waals surface area contributed by atoms with E-state index >= 15 is 0 Å². The van der Waals surface area contributed by atoms with Gasteiger partial charge in [0.25, 0.3) is 0 Å². The molecule has 4 nitrogen and oxygen atoms in total. The number of ether oxygens (including phenoxy) is 2. The van der Waals surface area contributed by atoms with Gasteiger partial charge in [-0.2, -0.15) is 0 Å². The average Bonchev–Trinajstić information content (AvgIpc) is 2.77. The van der Waals surface area contributed by atoms with Crippen molar-refractivity contribution >= 4 is 5.69 Å². The molecule has 3 rings (SSSR count). The molecule has 0 atom stereocenters. The van der Waals surface area contributed by atoms with Gasteiger partial charge in [0.15, 0.2) is 0 Å². The first kappa shape index (κ1) is 15.6. The van der Waals surface area contributed by atoms with Crippen LogP contribution >= 0.6 is 0 Å². The predicted molar refractivity (Wildman–Crippen MR) is 90.3 cm³/mol. The Hall–Kier alpha value is -1.26. The molecular formula is C18H28N2O2. The zero-order chi connectivity index (χ0) is 15.4. The van der Waals surface area contributed by atoms with Crippen molar-refractivity contribution in [3.63, 3.8) is 0 Å². The number of benzene rings is 1. The van der Waals surface area contributed by atoms with Crippen molar-refractivity contribution in [2.45, 2.75) is 32.6 Å². The molecule has 2 aliphatic rings. The van der Waals surface area contributed by atoms with Crippen LogP contribution in [0.15, 0.2) is 6.07 Å². The van der Waals surface area contributed by atoms with Crippen molar-refractivity contribution in [1.29, 1.82) is 0 Å². The Morgan fingerprint density at radius 2 is 2.14 bits per heavy atom. The van der Waals surface area contributed by atoms with Crippen LogP contribution in [0.25, 0.3) is 0 Å². The molecule has 0 saturated heterocycles. The van der Waals surface area contributed by atoms with E-state index < -0.39 is 0 Å².